The van der Waals surface area contributed by atoms with Crippen LogP contribution in [0.4, 0.5) is 5.69 Å². The highest BCUT2D eigenvalue weighted by atomic mass is 16.5. The average molecular weight is 287 g/mol. The van der Waals surface area contributed by atoms with Crippen LogP contribution in [-0.4, -0.2) is 21.3 Å². The van der Waals surface area contributed by atoms with Gasteiger partial charge in [-0.25, -0.2) is 0 Å². The SMILES string of the molecule is COc1ccc(CNc2ccc(OC)c(OC)c2)cc1C. The topological polar surface area (TPSA) is 39.7 Å². The first-order valence-corrected chi connectivity index (χ1v) is 6.77. The van der Waals surface area contributed by atoms with Crippen molar-refractivity contribution in [3.8, 4) is 17.2 Å². The summed E-state index contributed by atoms with van der Waals surface area (Å²) in [5.41, 5.74) is 3.31. The molecule has 1 N–H and O–H groups in total. The van der Waals surface area contributed by atoms with Gasteiger partial charge in [0.25, 0.3) is 0 Å². The summed E-state index contributed by atoms with van der Waals surface area (Å²) in [6, 6.07) is 11.9. The van der Waals surface area contributed by atoms with Crippen molar-refractivity contribution in [1.82, 2.24) is 0 Å². The smallest absolute Gasteiger partial charge is 0.162 e. The molecule has 0 unspecified atom stereocenters. The van der Waals surface area contributed by atoms with Crippen LogP contribution in [0.1, 0.15) is 11.1 Å². The van der Waals surface area contributed by atoms with E-state index in [1.165, 1.54) is 5.56 Å². The molecular weight excluding hydrogens is 266 g/mol. The average Bonchev–Trinajstić information content (AvgIpc) is 2.52. The Hall–Kier alpha value is -2.36. The van der Waals surface area contributed by atoms with Crippen LogP contribution < -0.4 is 19.5 Å². The molecule has 4 nitrogen and oxygen atoms in total. The van der Waals surface area contributed by atoms with E-state index in [1.54, 1.807) is 21.3 Å². The van der Waals surface area contributed by atoms with Crippen molar-refractivity contribution in [3.63, 3.8) is 0 Å². The van der Waals surface area contributed by atoms with Crippen LogP contribution in [-0.2, 0) is 6.54 Å². The van der Waals surface area contributed by atoms with E-state index in [2.05, 4.69) is 17.4 Å². The summed E-state index contributed by atoms with van der Waals surface area (Å²) in [6.45, 7) is 2.78. The van der Waals surface area contributed by atoms with Crippen LogP contribution in [0, 0.1) is 6.92 Å². The van der Waals surface area contributed by atoms with Crippen molar-refractivity contribution in [2.24, 2.45) is 0 Å². The highest BCUT2D eigenvalue weighted by Gasteiger charge is 2.05. The van der Waals surface area contributed by atoms with Gasteiger partial charge in [0.2, 0.25) is 0 Å². The zero-order valence-electron chi connectivity index (χ0n) is 12.9. The number of hydrogen-bond donors (Lipinski definition) is 1. The molecule has 2 aromatic carbocycles. The molecule has 0 saturated carbocycles. The molecule has 0 saturated heterocycles. The molecule has 2 aromatic rings. The predicted molar refractivity (Wildman–Crippen MR) is 84.6 cm³/mol. The van der Waals surface area contributed by atoms with E-state index >= 15 is 0 Å². The molecule has 21 heavy (non-hydrogen) atoms. The van der Waals surface area contributed by atoms with Crippen LogP contribution in [0.3, 0.4) is 0 Å². The Bertz CT molecular complexity index is 611. The number of benzene rings is 2. The minimum Gasteiger partial charge on any atom is -0.496 e. The second kappa shape index (κ2) is 6.88. The van der Waals surface area contributed by atoms with Gasteiger partial charge in [0.15, 0.2) is 11.5 Å². The van der Waals surface area contributed by atoms with Gasteiger partial charge < -0.3 is 19.5 Å². The van der Waals surface area contributed by atoms with Crippen molar-refractivity contribution in [2.75, 3.05) is 26.6 Å². The maximum atomic E-state index is 5.30. The monoisotopic (exact) mass is 287 g/mol. The quantitative estimate of drug-likeness (QED) is 0.880. The number of nitrogens with one attached hydrogen (secondary N) is 1. The Morgan fingerprint density at radius 1 is 0.810 bits per heavy atom. The van der Waals surface area contributed by atoms with Gasteiger partial charge in [-0.15, -0.1) is 0 Å². The Balaban J connectivity index is 2.07. The van der Waals surface area contributed by atoms with Gasteiger partial charge in [0.05, 0.1) is 21.3 Å². The number of aryl methyl sites for hydroxylation is 1. The summed E-state index contributed by atoms with van der Waals surface area (Å²) in [5.74, 6) is 2.35. The van der Waals surface area contributed by atoms with Crippen molar-refractivity contribution in [1.29, 1.82) is 0 Å². The fourth-order valence-electron chi connectivity index (χ4n) is 2.20. The number of hydrogen-bond acceptors (Lipinski definition) is 4. The number of anilines is 1. The first-order valence-electron chi connectivity index (χ1n) is 6.77. The molecule has 0 amide bonds. The maximum Gasteiger partial charge on any atom is 0.162 e. The van der Waals surface area contributed by atoms with Crippen molar-refractivity contribution in [3.05, 3.63) is 47.5 Å². The van der Waals surface area contributed by atoms with Crippen molar-refractivity contribution < 1.29 is 14.2 Å². The highest BCUT2D eigenvalue weighted by Crippen LogP contribution is 2.30. The highest BCUT2D eigenvalue weighted by molar-refractivity contribution is 5.55. The molecular formula is C17H21NO3. The molecule has 112 valence electrons. The second-order valence-electron chi connectivity index (χ2n) is 4.73. The molecule has 0 aromatic heterocycles. The fourth-order valence-corrected chi connectivity index (χ4v) is 2.20. The summed E-state index contributed by atoms with van der Waals surface area (Å²) >= 11 is 0. The minimum absolute atomic E-state index is 0.716. The third kappa shape index (κ3) is 3.60. The lowest BCUT2D eigenvalue weighted by atomic mass is 10.1. The lowest BCUT2D eigenvalue weighted by Gasteiger charge is -2.12. The van der Waals surface area contributed by atoms with E-state index in [9.17, 15) is 0 Å². The summed E-state index contributed by atoms with van der Waals surface area (Å²) in [5, 5.41) is 3.38. The number of methoxy groups -OCH3 is 3. The van der Waals surface area contributed by atoms with Gasteiger partial charge in [-0.2, -0.15) is 0 Å². The Kier molecular flexibility index (Phi) is 4.93. The first-order chi connectivity index (χ1) is 10.2. The van der Waals surface area contributed by atoms with Crippen LogP contribution in [0.2, 0.25) is 0 Å². The normalized spacial score (nSPS) is 10.1. The van der Waals surface area contributed by atoms with Gasteiger partial charge >= 0.3 is 0 Å². The number of rotatable bonds is 6. The summed E-state index contributed by atoms with van der Waals surface area (Å²) in [6.07, 6.45) is 0. The van der Waals surface area contributed by atoms with E-state index in [4.69, 9.17) is 14.2 Å². The van der Waals surface area contributed by atoms with E-state index in [0.29, 0.717) is 5.75 Å². The molecule has 0 aliphatic carbocycles. The zero-order chi connectivity index (χ0) is 15.2. The molecule has 4 heteroatoms. The maximum absolute atomic E-state index is 5.30. The molecule has 0 fully saturated rings. The summed E-state index contributed by atoms with van der Waals surface area (Å²) < 4.78 is 15.8. The van der Waals surface area contributed by atoms with Gasteiger partial charge in [-0.3, -0.25) is 0 Å². The largest absolute Gasteiger partial charge is 0.496 e. The molecule has 0 aliphatic rings. The molecule has 0 atom stereocenters. The second-order valence-corrected chi connectivity index (χ2v) is 4.73. The van der Waals surface area contributed by atoms with E-state index < -0.39 is 0 Å². The van der Waals surface area contributed by atoms with E-state index in [-0.39, 0.29) is 0 Å². The molecule has 0 spiro atoms. The third-order valence-electron chi connectivity index (χ3n) is 3.34. The zero-order valence-corrected chi connectivity index (χ0v) is 12.9. The van der Waals surface area contributed by atoms with Crippen LogP contribution in [0.25, 0.3) is 0 Å². The lowest BCUT2D eigenvalue weighted by molar-refractivity contribution is 0.355. The molecule has 0 heterocycles. The molecule has 2 rings (SSSR count). The van der Waals surface area contributed by atoms with Crippen molar-refractivity contribution in [2.45, 2.75) is 13.5 Å². The Morgan fingerprint density at radius 2 is 1.48 bits per heavy atom. The Morgan fingerprint density at radius 3 is 2.10 bits per heavy atom. The van der Waals surface area contributed by atoms with Crippen LogP contribution in [0.15, 0.2) is 36.4 Å². The minimum atomic E-state index is 0.716. The number of ether oxygens (including phenoxy) is 3. The van der Waals surface area contributed by atoms with Crippen LogP contribution in [0.5, 0.6) is 17.2 Å². The van der Waals surface area contributed by atoms with Gasteiger partial charge in [0.1, 0.15) is 5.75 Å². The molecule has 0 radical (unpaired) electrons. The standard InChI is InChI=1S/C17H21NO3/c1-12-9-13(5-7-15(12)19-2)11-18-14-6-8-16(20-3)17(10-14)21-4/h5-10,18H,11H2,1-4H3. The summed E-state index contributed by atoms with van der Waals surface area (Å²) in [7, 11) is 4.95. The third-order valence-corrected chi connectivity index (χ3v) is 3.34. The van der Waals surface area contributed by atoms with E-state index in [0.717, 1.165) is 29.3 Å². The van der Waals surface area contributed by atoms with Gasteiger partial charge in [-0.05, 0) is 36.2 Å². The van der Waals surface area contributed by atoms with Gasteiger partial charge in [-0.1, -0.05) is 12.1 Å². The van der Waals surface area contributed by atoms with Gasteiger partial charge in [0, 0.05) is 18.3 Å². The first kappa shape index (κ1) is 15.0. The fraction of sp³-hybridized carbons (Fsp3) is 0.294. The molecule has 0 bridgehead atoms. The lowest BCUT2D eigenvalue weighted by Crippen LogP contribution is -2.01. The van der Waals surface area contributed by atoms with E-state index in [1.807, 2.05) is 31.2 Å². The molecule has 0 aliphatic heterocycles. The Labute approximate surface area is 125 Å². The van der Waals surface area contributed by atoms with Crippen molar-refractivity contribution >= 4 is 5.69 Å². The van der Waals surface area contributed by atoms with Crippen LogP contribution >= 0.6 is 0 Å². The predicted octanol–water partition coefficient (Wildman–Crippen LogP) is 3.63. The summed E-state index contributed by atoms with van der Waals surface area (Å²) in [4.78, 5) is 0.